The number of unbranched alkanes of at least 4 members (excludes halogenated alkanes) is 1. The second kappa shape index (κ2) is 5.05. The van der Waals surface area contributed by atoms with Crippen LogP contribution in [0.15, 0.2) is 0 Å². The fourth-order valence-corrected chi connectivity index (χ4v) is 0.784. The van der Waals surface area contributed by atoms with Crippen LogP contribution in [0.3, 0.4) is 0 Å². The molecule has 0 aliphatic heterocycles. The van der Waals surface area contributed by atoms with Crippen LogP contribution in [-0.4, -0.2) is 5.78 Å². The number of terminal acetylenes is 1. The molecule has 10 heavy (non-hydrogen) atoms. The molecule has 1 heteroatoms. The Hall–Kier alpha value is -0.770. The van der Waals surface area contributed by atoms with Gasteiger partial charge in [0, 0.05) is 5.92 Å². The van der Waals surface area contributed by atoms with Crippen molar-refractivity contribution in [1.82, 2.24) is 0 Å². The Labute approximate surface area is 62.8 Å². The van der Waals surface area contributed by atoms with Crippen LogP contribution in [0.2, 0.25) is 0 Å². The van der Waals surface area contributed by atoms with Crippen LogP contribution >= 0.6 is 0 Å². The van der Waals surface area contributed by atoms with Crippen LogP contribution in [0.4, 0.5) is 0 Å². The van der Waals surface area contributed by atoms with Crippen molar-refractivity contribution in [3.8, 4) is 12.3 Å². The number of hydrogen-bond acceptors (Lipinski definition) is 1. The zero-order valence-corrected chi connectivity index (χ0v) is 6.68. The predicted octanol–water partition coefficient (Wildman–Crippen LogP) is 2.02. The lowest BCUT2D eigenvalue weighted by Gasteiger charge is -2.02. The number of ketones is 1. The van der Waals surface area contributed by atoms with E-state index >= 15 is 0 Å². The van der Waals surface area contributed by atoms with Gasteiger partial charge >= 0.3 is 0 Å². The minimum Gasteiger partial charge on any atom is -0.285 e. The molecule has 0 aliphatic rings. The predicted molar refractivity (Wildman–Crippen MR) is 42.5 cm³/mol. The largest absolute Gasteiger partial charge is 0.285 e. The molecule has 56 valence electrons. The zero-order chi connectivity index (χ0) is 7.98. The van der Waals surface area contributed by atoms with Crippen molar-refractivity contribution in [2.75, 3.05) is 0 Å². The summed E-state index contributed by atoms with van der Waals surface area (Å²) >= 11 is 0. The van der Waals surface area contributed by atoms with Crippen LogP contribution in [0.5, 0.6) is 0 Å². The Morgan fingerprint density at radius 2 is 2.30 bits per heavy atom. The van der Waals surface area contributed by atoms with Crippen molar-refractivity contribution < 1.29 is 4.79 Å². The van der Waals surface area contributed by atoms with Crippen molar-refractivity contribution in [3.05, 3.63) is 0 Å². The van der Waals surface area contributed by atoms with Gasteiger partial charge in [0.1, 0.15) is 0 Å². The van der Waals surface area contributed by atoms with Crippen LogP contribution in [0, 0.1) is 18.3 Å². The molecule has 0 heterocycles. The SMILES string of the molecule is C#CC(=O)C(C)CCCC. The van der Waals surface area contributed by atoms with Crippen LogP contribution < -0.4 is 0 Å². The lowest BCUT2D eigenvalue weighted by Crippen LogP contribution is -2.07. The number of rotatable bonds is 4. The molecule has 0 radical (unpaired) electrons. The molecule has 0 N–H and O–H groups in total. The molecule has 0 aromatic rings. The van der Waals surface area contributed by atoms with Gasteiger partial charge in [0.05, 0.1) is 0 Å². The Morgan fingerprint density at radius 1 is 1.70 bits per heavy atom. The third kappa shape index (κ3) is 3.29. The first kappa shape index (κ1) is 9.23. The maximum Gasteiger partial charge on any atom is 0.207 e. The minimum absolute atomic E-state index is 0.0601. The summed E-state index contributed by atoms with van der Waals surface area (Å²) in [6.07, 6.45) is 8.09. The maximum atomic E-state index is 10.8. The van der Waals surface area contributed by atoms with E-state index in [0.717, 1.165) is 19.3 Å². The van der Waals surface area contributed by atoms with E-state index in [1.54, 1.807) is 0 Å². The first-order valence-electron chi connectivity index (χ1n) is 3.72. The average molecular weight is 138 g/mol. The maximum absolute atomic E-state index is 10.8. The fourth-order valence-electron chi connectivity index (χ4n) is 0.784. The van der Waals surface area contributed by atoms with Gasteiger partial charge in [-0.05, 0) is 12.3 Å². The molecule has 1 atom stereocenters. The smallest absolute Gasteiger partial charge is 0.207 e. The number of carbonyl (C=O) groups is 1. The number of Topliss-reactive ketones (excluding diaryl/α,β-unsaturated/α-hetero) is 1. The van der Waals surface area contributed by atoms with Crippen LogP contribution in [0.1, 0.15) is 33.1 Å². The van der Waals surface area contributed by atoms with E-state index in [0.29, 0.717) is 0 Å². The van der Waals surface area contributed by atoms with E-state index < -0.39 is 0 Å². The molecule has 0 fully saturated rings. The van der Waals surface area contributed by atoms with E-state index in [2.05, 4.69) is 12.8 Å². The lowest BCUT2D eigenvalue weighted by atomic mass is 10.0. The van der Waals surface area contributed by atoms with Crippen LogP contribution in [-0.2, 0) is 4.79 Å². The summed E-state index contributed by atoms with van der Waals surface area (Å²) in [4.78, 5) is 10.8. The third-order valence-corrected chi connectivity index (χ3v) is 1.58. The highest BCUT2D eigenvalue weighted by atomic mass is 16.1. The lowest BCUT2D eigenvalue weighted by molar-refractivity contribution is -0.117. The molecule has 0 rings (SSSR count). The summed E-state index contributed by atoms with van der Waals surface area (Å²) < 4.78 is 0. The molecule has 0 aromatic heterocycles. The van der Waals surface area contributed by atoms with Gasteiger partial charge in [0.25, 0.3) is 0 Å². The van der Waals surface area contributed by atoms with Crippen molar-refractivity contribution in [1.29, 1.82) is 0 Å². The molecule has 0 amide bonds. The number of hydrogen-bond donors (Lipinski definition) is 0. The molecule has 0 aromatic carbocycles. The molecule has 0 bridgehead atoms. The third-order valence-electron chi connectivity index (χ3n) is 1.58. The minimum atomic E-state index is -0.0616. The van der Waals surface area contributed by atoms with Crippen molar-refractivity contribution in [2.45, 2.75) is 33.1 Å². The summed E-state index contributed by atoms with van der Waals surface area (Å²) in [7, 11) is 0. The average Bonchev–Trinajstić information content (AvgIpc) is 1.98. The summed E-state index contributed by atoms with van der Waals surface area (Å²) in [6, 6.07) is 0. The first-order valence-corrected chi connectivity index (χ1v) is 3.72. The Kier molecular flexibility index (Phi) is 4.66. The van der Waals surface area contributed by atoms with Gasteiger partial charge in [-0.15, -0.1) is 6.42 Å². The van der Waals surface area contributed by atoms with Crippen molar-refractivity contribution >= 4 is 5.78 Å². The first-order chi connectivity index (χ1) is 4.72. The van der Waals surface area contributed by atoms with Gasteiger partial charge in [-0.2, -0.15) is 0 Å². The highest BCUT2D eigenvalue weighted by Gasteiger charge is 2.07. The molecule has 0 saturated carbocycles. The molecule has 1 nitrogen and oxygen atoms in total. The molecule has 0 aliphatic carbocycles. The Bertz CT molecular complexity index is 141. The Balaban J connectivity index is 3.54. The van der Waals surface area contributed by atoms with E-state index in [4.69, 9.17) is 6.42 Å². The van der Waals surface area contributed by atoms with E-state index in [1.807, 2.05) is 6.92 Å². The van der Waals surface area contributed by atoms with Gasteiger partial charge in [0.15, 0.2) is 0 Å². The van der Waals surface area contributed by atoms with Crippen molar-refractivity contribution in [3.63, 3.8) is 0 Å². The second-order valence-corrected chi connectivity index (χ2v) is 2.55. The monoisotopic (exact) mass is 138 g/mol. The van der Waals surface area contributed by atoms with Crippen molar-refractivity contribution in [2.24, 2.45) is 5.92 Å². The Morgan fingerprint density at radius 3 is 2.70 bits per heavy atom. The molecule has 0 saturated heterocycles. The zero-order valence-electron chi connectivity index (χ0n) is 6.68. The fraction of sp³-hybridized carbons (Fsp3) is 0.667. The van der Waals surface area contributed by atoms with Gasteiger partial charge in [-0.25, -0.2) is 0 Å². The summed E-state index contributed by atoms with van der Waals surface area (Å²) in [5.41, 5.74) is 0. The van der Waals surface area contributed by atoms with Gasteiger partial charge in [0.2, 0.25) is 5.78 Å². The second-order valence-electron chi connectivity index (χ2n) is 2.55. The topological polar surface area (TPSA) is 17.1 Å². The molecular weight excluding hydrogens is 124 g/mol. The van der Waals surface area contributed by atoms with Gasteiger partial charge in [-0.1, -0.05) is 26.7 Å². The normalized spacial score (nSPS) is 12.1. The van der Waals surface area contributed by atoms with E-state index in [9.17, 15) is 4.79 Å². The summed E-state index contributed by atoms with van der Waals surface area (Å²) in [6.45, 7) is 3.99. The molecular formula is C9H14O. The summed E-state index contributed by atoms with van der Waals surface area (Å²) in [5, 5.41) is 0. The quantitative estimate of drug-likeness (QED) is 0.429. The van der Waals surface area contributed by atoms with E-state index in [1.165, 1.54) is 0 Å². The molecule has 1 unspecified atom stereocenters. The van der Waals surface area contributed by atoms with Gasteiger partial charge in [-0.3, -0.25) is 4.79 Å². The van der Waals surface area contributed by atoms with Gasteiger partial charge < -0.3 is 0 Å². The van der Waals surface area contributed by atoms with E-state index in [-0.39, 0.29) is 11.7 Å². The number of carbonyl (C=O) groups excluding carboxylic acids is 1. The summed E-state index contributed by atoms with van der Waals surface area (Å²) in [5.74, 6) is 2.13. The van der Waals surface area contributed by atoms with Crippen LogP contribution in [0.25, 0.3) is 0 Å². The molecule has 0 spiro atoms. The highest BCUT2D eigenvalue weighted by molar-refractivity contribution is 5.96. The highest BCUT2D eigenvalue weighted by Crippen LogP contribution is 2.07. The standard InChI is InChI=1S/C9H14O/c1-4-6-7-8(3)9(10)5-2/h2,8H,4,6-7H2,1,3H3.